The molecule has 0 amide bonds. The SMILES string of the molecule is O=c1[nH]c2ccc(C(O)Cc3cccc(Br)c3)cc2[nH]1. The highest BCUT2D eigenvalue weighted by Gasteiger charge is 2.10. The van der Waals surface area contributed by atoms with Gasteiger partial charge in [0.05, 0.1) is 17.1 Å². The fourth-order valence-corrected chi connectivity index (χ4v) is 2.71. The number of hydrogen-bond donors (Lipinski definition) is 3. The van der Waals surface area contributed by atoms with Gasteiger partial charge in [0, 0.05) is 10.9 Å². The van der Waals surface area contributed by atoms with E-state index in [1.807, 2.05) is 30.3 Å². The van der Waals surface area contributed by atoms with Crippen LogP contribution in [0.25, 0.3) is 11.0 Å². The Hall–Kier alpha value is -1.85. The second kappa shape index (κ2) is 5.26. The Kier molecular flexibility index (Phi) is 3.46. The lowest BCUT2D eigenvalue weighted by Gasteiger charge is -2.11. The number of rotatable bonds is 3. The molecule has 1 aromatic heterocycles. The number of nitrogens with one attached hydrogen (secondary N) is 2. The van der Waals surface area contributed by atoms with Crippen molar-refractivity contribution in [2.24, 2.45) is 0 Å². The molecular formula is C15H13BrN2O2. The summed E-state index contributed by atoms with van der Waals surface area (Å²) in [5.41, 5.74) is 3.05. The first-order chi connectivity index (χ1) is 9.61. The predicted molar refractivity (Wildman–Crippen MR) is 81.7 cm³/mol. The Morgan fingerprint density at radius 2 is 1.90 bits per heavy atom. The van der Waals surface area contributed by atoms with E-state index >= 15 is 0 Å². The zero-order valence-corrected chi connectivity index (χ0v) is 12.1. The average molecular weight is 333 g/mol. The monoisotopic (exact) mass is 332 g/mol. The number of H-pyrrole nitrogens is 2. The van der Waals surface area contributed by atoms with Crippen LogP contribution in [0.2, 0.25) is 0 Å². The van der Waals surface area contributed by atoms with E-state index in [1.54, 1.807) is 12.1 Å². The molecule has 0 fully saturated rings. The predicted octanol–water partition coefficient (Wildman–Crippen LogP) is 2.89. The number of fused-ring (bicyclic) bond motifs is 1. The molecule has 102 valence electrons. The van der Waals surface area contributed by atoms with Crippen LogP contribution in [0.3, 0.4) is 0 Å². The molecule has 0 saturated carbocycles. The van der Waals surface area contributed by atoms with E-state index in [9.17, 15) is 9.90 Å². The number of imidazole rings is 1. The number of benzene rings is 2. The van der Waals surface area contributed by atoms with E-state index in [4.69, 9.17) is 0 Å². The molecule has 3 N–H and O–H groups in total. The van der Waals surface area contributed by atoms with E-state index < -0.39 is 6.10 Å². The van der Waals surface area contributed by atoms with Crippen LogP contribution in [0, 0.1) is 0 Å². The third kappa shape index (κ3) is 2.69. The largest absolute Gasteiger partial charge is 0.388 e. The van der Waals surface area contributed by atoms with Crippen molar-refractivity contribution in [3.63, 3.8) is 0 Å². The number of hydrogen-bond acceptors (Lipinski definition) is 2. The lowest BCUT2D eigenvalue weighted by Crippen LogP contribution is -2.01. The molecule has 3 rings (SSSR count). The second-order valence-corrected chi connectivity index (χ2v) is 5.65. The summed E-state index contributed by atoms with van der Waals surface area (Å²) < 4.78 is 0.993. The minimum atomic E-state index is -0.605. The van der Waals surface area contributed by atoms with Crippen molar-refractivity contribution in [1.82, 2.24) is 9.97 Å². The number of aliphatic hydroxyl groups excluding tert-OH is 1. The molecule has 1 unspecified atom stereocenters. The van der Waals surface area contributed by atoms with Gasteiger partial charge in [-0.15, -0.1) is 0 Å². The topological polar surface area (TPSA) is 68.9 Å². The van der Waals surface area contributed by atoms with Gasteiger partial charge in [0.1, 0.15) is 0 Å². The van der Waals surface area contributed by atoms with Gasteiger partial charge in [-0.3, -0.25) is 0 Å². The Bertz CT molecular complexity index is 807. The van der Waals surface area contributed by atoms with Gasteiger partial charge >= 0.3 is 5.69 Å². The van der Waals surface area contributed by atoms with Crippen molar-refractivity contribution in [2.75, 3.05) is 0 Å². The Balaban J connectivity index is 1.88. The minimum Gasteiger partial charge on any atom is -0.388 e. The first-order valence-corrected chi connectivity index (χ1v) is 7.05. The summed E-state index contributed by atoms with van der Waals surface area (Å²) in [5.74, 6) is 0. The molecule has 2 aromatic carbocycles. The van der Waals surface area contributed by atoms with Crippen LogP contribution in [0.1, 0.15) is 17.2 Å². The quantitative estimate of drug-likeness (QED) is 0.690. The van der Waals surface area contributed by atoms with Gasteiger partial charge < -0.3 is 15.1 Å². The van der Waals surface area contributed by atoms with Crippen molar-refractivity contribution in [3.05, 3.63) is 68.5 Å². The molecule has 0 aliphatic rings. The van der Waals surface area contributed by atoms with Gasteiger partial charge in [-0.05, 0) is 35.4 Å². The summed E-state index contributed by atoms with van der Waals surface area (Å²) in [4.78, 5) is 16.6. The van der Waals surface area contributed by atoms with Crippen LogP contribution in [0.5, 0.6) is 0 Å². The molecule has 0 aliphatic carbocycles. The van der Waals surface area contributed by atoms with Crippen LogP contribution in [0.4, 0.5) is 0 Å². The maximum atomic E-state index is 11.2. The smallest absolute Gasteiger partial charge is 0.323 e. The van der Waals surface area contributed by atoms with Gasteiger partial charge in [0.2, 0.25) is 0 Å². The lowest BCUT2D eigenvalue weighted by molar-refractivity contribution is 0.178. The summed E-state index contributed by atoms with van der Waals surface area (Å²) in [5, 5.41) is 10.3. The van der Waals surface area contributed by atoms with Crippen LogP contribution in [-0.2, 0) is 6.42 Å². The van der Waals surface area contributed by atoms with E-state index in [0.717, 1.165) is 21.1 Å². The third-order valence-corrected chi connectivity index (χ3v) is 3.74. The first-order valence-electron chi connectivity index (χ1n) is 6.26. The molecular weight excluding hydrogens is 320 g/mol. The Labute approximate surface area is 123 Å². The molecule has 0 saturated heterocycles. The molecule has 0 radical (unpaired) electrons. The van der Waals surface area contributed by atoms with Crippen molar-refractivity contribution >= 4 is 27.0 Å². The van der Waals surface area contributed by atoms with E-state index in [0.29, 0.717) is 11.9 Å². The third-order valence-electron chi connectivity index (χ3n) is 3.24. The highest BCUT2D eigenvalue weighted by atomic mass is 79.9. The standard InChI is InChI=1S/C15H13BrN2O2/c16-11-3-1-2-9(6-11)7-14(19)10-4-5-12-13(8-10)18-15(20)17-12/h1-6,8,14,19H,7H2,(H2,17,18,20). The van der Waals surface area contributed by atoms with Crippen LogP contribution >= 0.6 is 15.9 Å². The highest BCUT2D eigenvalue weighted by Crippen LogP contribution is 2.22. The number of aromatic nitrogens is 2. The first kappa shape index (κ1) is 13.1. The zero-order valence-electron chi connectivity index (χ0n) is 10.6. The normalized spacial score (nSPS) is 12.7. The van der Waals surface area contributed by atoms with Crippen LogP contribution < -0.4 is 5.69 Å². The summed E-state index contributed by atoms with van der Waals surface area (Å²) in [7, 11) is 0. The number of aliphatic hydroxyl groups is 1. The van der Waals surface area contributed by atoms with Crippen molar-refractivity contribution in [3.8, 4) is 0 Å². The molecule has 20 heavy (non-hydrogen) atoms. The van der Waals surface area contributed by atoms with Crippen molar-refractivity contribution in [1.29, 1.82) is 0 Å². The zero-order chi connectivity index (χ0) is 14.1. The fraction of sp³-hybridized carbons (Fsp3) is 0.133. The van der Waals surface area contributed by atoms with Crippen molar-refractivity contribution in [2.45, 2.75) is 12.5 Å². The molecule has 0 spiro atoms. The second-order valence-electron chi connectivity index (χ2n) is 4.73. The van der Waals surface area contributed by atoms with Crippen molar-refractivity contribution < 1.29 is 5.11 Å². The van der Waals surface area contributed by atoms with Gasteiger partial charge in [0.25, 0.3) is 0 Å². The number of aromatic amines is 2. The molecule has 1 heterocycles. The minimum absolute atomic E-state index is 0.237. The maximum absolute atomic E-state index is 11.2. The highest BCUT2D eigenvalue weighted by molar-refractivity contribution is 9.10. The van der Waals surface area contributed by atoms with Gasteiger partial charge in [-0.2, -0.15) is 0 Å². The van der Waals surface area contributed by atoms with E-state index in [2.05, 4.69) is 25.9 Å². The summed E-state index contributed by atoms with van der Waals surface area (Å²) >= 11 is 3.42. The van der Waals surface area contributed by atoms with Gasteiger partial charge in [-0.1, -0.05) is 34.1 Å². The summed E-state index contributed by atoms with van der Waals surface area (Å²) in [6.07, 6.45) is -0.0772. The molecule has 1 atom stereocenters. The number of halogens is 1. The van der Waals surface area contributed by atoms with Crippen LogP contribution in [-0.4, -0.2) is 15.1 Å². The maximum Gasteiger partial charge on any atom is 0.323 e. The van der Waals surface area contributed by atoms with Crippen LogP contribution in [0.15, 0.2) is 51.7 Å². The average Bonchev–Trinajstić information content (AvgIpc) is 2.77. The molecule has 0 bridgehead atoms. The van der Waals surface area contributed by atoms with E-state index in [-0.39, 0.29) is 5.69 Å². The van der Waals surface area contributed by atoms with Gasteiger partial charge in [-0.25, -0.2) is 4.79 Å². The van der Waals surface area contributed by atoms with E-state index in [1.165, 1.54) is 0 Å². The lowest BCUT2D eigenvalue weighted by atomic mass is 10.0. The molecule has 5 heteroatoms. The van der Waals surface area contributed by atoms with Gasteiger partial charge in [0.15, 0.2) is 0 Å². The summed E-state index contributed by atoms with van der Waals surface area (Å²) in [6, 6.07) is 13.3. The Morgan fingerprint density at radius 3 is 2.70 bits per heavy atom. The Morgan fingerprint density at radius 1 is 1.10 bits per heavy atom. The molecule has 3 aromatic rings. The molecule has 4 nitrogen and oxygen atoms in total. The summed E-state index contributed by atoms with van der Waals surface area (Å²) in [6.45, 7) is 0. The fourth-order valence-electron chi connectivity index (χ4n) is 2.26. The molecule has 0 aliphatic heterocycles.